The highest BCUT2D eigenvalue weighted by Crippen LogP contribution is 2.25. The van der Waals surface area contributed by atoms with E-state index in [9.17, 15) is 0 Å². The summed E-state index contributed by atoms with van der Waals surface area (Å²) in [4.78, 5) is 0. The largest absolute Gasteiger partial charge is 0.393 e. The van der Waals surface area contributed by atoms with Crippen molar-refractivity contribution in [1.29, 1.82) is 0 Å². The van der Waals surface area contributed by atoms with Gasteiger partial charge in [0, 0.05) is 16.1 Å². The fourth-order valence-electron chi connectivity index (χ4n) is 1.47. The van der Waals surface area contributed by atoms with Crippen molar-refractivity contribution >= 4 is 23.2 Å². The number of benzene rings is 1. The van der Waals surface area contributed by atoms with Gasteiger partial charge in [0.25, 0.3) is 0 Å². The van der Waals surface area contributed by atoms with Crippen LogP contribution in [0.1, 0.15) is 31.9 Å². The number of rotatable bonds is 5. The Labute approximate surface area is 107 Å². The highest BCUT2D eigenvalue weighted by Gasteiger charge is 2.09. The van der Waals surface area contributed by atoms with Crippen LogP contribution in [0.15, 0.2) is 18.2 Å². The van der Waals surface area contributed by atoms with Crippen LogP contribution in [0.4, 0.5) is 0 Å². The molecule has 0 aliphatic rings. The number of hydrogen-bond acceptors (Lipinski definition) is 2. The number of aliphatic hydroxyl groups is 1. The van der Waals surface area contributed by atoms with Crippen LogP contribution in [0, 0.1) is 0 Å². The van der Waals surface area contributed by atoms with Crippen molar-refractivity contribution in [2.24, 2.45) is 0 Å². The van der Waals surface area contributed by atoms with E-state index < -0.39 is 0 Å². The Morgan fingerprint density at radius 2 is 2.00 bits per heavy atom. The number of nitrogens with one attached hydrogen (secondary N) is 1. The molecule has 16 heavy (non-hydrogen) atoms. The maximum atomic E-state index is 9.14. The Hall–Kier alpha value is -0.280. The summed E-state index contributed by atoms with van der Waals surface area (Å²) in [6.45, 7) is 4.58. The molecule has 4 heteroatoms. The Morgan fingerprint density at radius 3 is 2.56 bits per heavy atom. The van der Waals surface area contributed by atoms with E-state index in [4.69, 9.17) is 28.3 Å². The average molecular weight is 262 g/mol. The zero-order chi connectivity index (χ0) is 12.1. The van der Waals surface area contributed by atoms with Crippen LogP contribution < -0.4 is 5.32 Å². The predicted octanol–water partition coefficient (Wildman–Crippen LogP) is 3.41. The predicted molar refractivity (Wildman–Crippen MR) is 69.2 cm³/mol. The lowest BCUT2D eigenvalue weighted by Crippen LogP contribution is -2.22. The number of aliphatic hydroxyl groups excluding tert-OH is 1. The molecule has 0 spiro atoms. The highest BCUT2D eigenvalue weighted by molar-refractivity contribution is 6.35. The maximum Gasteiger partial charge on any atom is 0.0524 e. The first-order valence-corrected chi connectivity index (χ1v) is 6.12. The van der Waals surface area contributed by atoms with Crippen molar-refractivity contribution in [2.75, 3.05) is 6.54 Å². The van der Waals surface area contributed by atoms with E-state index in [-0.39, 0.29) is 12.1 Å². The van der Waals surface area contributed by atoms with E-state index in [2.05, 4.69) is 5.32 Å². The van der Waals surface area contributed by atoms with Gasteiger partial charge < -0.3 is 10.4 Å². The molecule has 2 unspecified atom stereocenters. The molecule has 0 aromatic heterocycles. The van der Waals surface area contributed by atoms with E-state index in [1.807, 2.05) is 19.1 Å². The first-order chi connectivity index (χ1) is 7.50. The van der Waals surface area contributed by atoms with Crippen molar-refractivity contribution < 1.29 is 5.11 Å². The smallest absolute Gasteiger partial charge is 0.0524 e. The van der Waals surface area contributed by atoms with Gasteiger partial charge in [0.15, 0.2) is 0 Å². The summed E-state index contributed by atoms with van der Waals surface area (Å²) in [7, 11) is 0. The lowest BCUT2D eigenvalue weighted by atomic mass is 10.1. The van der Waals surface area contributed by atoms with E-state index in [1.54, 1.807) is 13.0 Å². The molecule has 0 aliphatic carbocycles. The fourth-order valence-corrected chi connectivity index (χ4v) is 2.04. The lowest BCUT2D eigenvalue weighted by molar-refractivity contribution is 0.182. The van der Waals surface area contributed by atoms with Crippen molar-refractivity contribution in [1.82, 2.24) is 5.32 Å². The van der Waals surface area contributed by atoms with E-state index >= 15 is 0 Å². The van der Waals surface area contributed by atoms with Gasteiger partial charge in [0.05, 0.1) is 6.10 Å². The molecule has 0 fully saturated rings. The van der Waals surface area contributed by atoms with Crippen LogP contribution in [0.2, 0.25) is 10.0 Å². The van der Waals surface area contributed by atoms with Gasteiger partial charge in [-0.05, 0) is 44.5 Å². The van der Waals surface area contributed by atoms with Gasteiger partial charge in [0.2, 0.25) is 0 Å². The molecule has 0 heterocycles. The summed E-state index contributed by atoms with van der Waals surface area (Å²) < 4.78 is 0. The molecule has 90 valence electrons. The molecule has 1 rings (SSSR count). The quantitative estimate of drug-likeness (QED) is 0.852. The zero-order valence-electron chi connectivity index (χ0n) is 9.50. The van der Waals surface area contributed by atoms with Gasteiger partial charge in [0.1, 0.15) is 0 Å². The van der Waals surface area contributed by atoms with Crippen LogP contribution in [-0.2, 0) is 0 Å². The molecule has 2 N–H and O–H groups in total. The third kappa shape index (κ3) is 4.30. The summed E-state index contributed by atoms with van der Waals surface area (Å²) in [6.07, 6.45) is 0.454. The summed E-state index contributed by atoms with van der Waals surface area (Å²) in [5.74, 6) is 0. The molecular weight excluding hydrogens is 245 g/mol. The SMILES string of the molecule is CC(O)CCNC(C)c1ccc(Cl)cc1Cl. The highest BCUT2D eigenvalue weighted by atomic mass is 35.5. The van der Waals surface area contributed by atoms with E-state index in [0.717, 1.165) is 18.5 Å². The first kappa shape index (κ1) is 13.8. The van der Waals surface area contributed by atoms with Gasteiger partial charge in [-0.15, -0.1) is 0 Å². The molecule has 0 saturated heterocycles. The summed E-state index contributed by atoms with van der Waals surface area (Å²) in [5, 5.41) is 13.8. The summed E-state index contributed by atoms with van der Waals surface area (Å²) in [6, 6.07) is 5.65. The Bertz CT molecular complexity index is 342. The number of halogens is 2. The van der Waals surface area contributed by atoms with Gasteiger partial charge in [-0.3, -0.25) is 0 Å². The Kier molecular flexibility index (Phi) is 5.56. The molecule has 0 amide bonds. The molecule has 1 aromatic rings. The normalized spacial score (nSPS) is 14.8. The standard InChI is InChI=1S/C12H17Cl2NO/c1-8(16)5-6-15-9(2)11-4-3-10(13)7-12(11)14/h3-4,7-9,15-16H,5-6H2,1-2H3. The van der Waals surface area contributed by atoms with E-state index in [1.165, 1.54) is 0 Å². The van der Waals surface area contributed by atoms with Crippen molar-refractivity contribution in [3.05, 3.63) is 33.8 Å². The topological polar surface area (TPSA) is 32.3 Å². The molecule has 0 saturated carbocycles. The van der Waals surface area contributed by atoms with Crippen molar-refractivity contribution in [3.63, 3.8) is 0 Å². The summed E-state index contributed by atoms with van der Waals surface area (Å²) in [5.41, 5.74) is 1.02. The second-order valence-corrected chi connectivity index (χ2v) is 4.82. The van der Waals surface area contributed by atoms with Gasteiger partial charge in [-0.1, -0.05) is 29.3 Å². The molecule has 2 nitrogen and oxygen atoms in total. The van der Waals surface area contributed by atoms with Crippen LogP contribution in [-0.4, -0.2) is 17.8 Å². The molecule has 2 atom stereocenters. The minimum absolute atomic E-state index is 0.156. The molecular formula is C12H17Cl2NO. The molecule has 1 aromatic carbocycles. The third-order valence-electron chi connectivity index (χ3n) is 2.44. The summed E-state index contributed by atoms with van der Waals surface area (Å²) >= 11 is 11.9. The van der Waals surface area contributed by atoms with Gasteiger partial charge in [-0.2, -0.15) is 0 Å². The average Bonchev–Trinajstić information content (AvgIpc) is 2.16. The van der Waals surface area contributed by atoms with E-state index in [0.29, 0.717) is 10.0 Å². The van der Waals surface area contributed by atoms with Crippen LogP contribution in [0.3, 0.4) is 0 Å². The van der Waals surface area contributed by atoms with Gasteiger partial charge >= 0.3 is 0 Å². The number of hydrogen-bond donors (Lipinski definition) is 2. The maximum absolute atomic E-state index is 9.14. The third-order valence-corrected chi connectivity index (χ3v) is 3.00. The zero-order valence-corrected chi connectivity index (χ0v) is 11.0. The molecule has 0 bridgehead atoms. The Balaban J connectivity index is 2.55. The van der Waals surface area contributed by atoms with Crippen molar-refractivity contribution in [3.8, 4) is 0 Å². The second-order valence-electron chi connectivity index (χ2n) is 3.98. The molecule has 0 aliphatic heterocycles. The van der Waals surface area contributed by atoms with Gasteiger partial charge in [-0.25, -0.2) is 0 Å². The lowest BCUT2D eigenvalue weighted by Gasteiger charge is -2.16. The minimum Gasteiger partial charge on any atom is -0.393 e. The first-order valence-electron chi connectivity index (χ1n) is 5.37. The fraction of sp³-hybridized carbons (Fsp3) is 0.500. The monoisotopic (exact) mass is 261 g/mol. The van der Waals surface area contributed by atoms with Crippen molar-refractivity contribution in [2.45, 2.75) is 32.4 Å². The minimum atomic E-state index is -0.277. The second kappa shape index (κ2) is 6.45. The van der Waals surface area contributed by atoms with Crippen LogP contribution in [0.5, 0.6) is 0 Å². The van der Waals surface area contributed by atoms with Crippen LogP contribution in [0.25, 0.3) is 0 Å². The molecule has 0 radical (unpaired) electrons. The Morgan fingerprint density at radius 1 is 1.31 bits per heavy atom. The van der Waals surface area contributed by atoms with Crippen LogP contribution >= 0.6 is 23.2 Å².